The zero-order chi connectivity index (χ0) is 9.07. The van der Waals surface area contributed by atoms with Crippen molar-refractivity contribution in [3.8, 4) is 0 Å². The third-order valence-corrected chi connectivity index (χ3v) is 4.68. The first-order valence-electron chi connectivity index (χ1n) is 4.12. The zero-order valence-corrected chi connectivity index (χ0v) is 9.33. The molecule has 0 aromatic carbocycles. The molecule has 0 aliphatic rings. The highest BCUT2D eigenvalue weighted by atomic mass is 28.3. The maximum absolute atomic E-state index is 3.95. The summed E-state index contributed by atoms with van der Waals surface area (Å²) in [5.74, 6) is 0. The summed E-state index contributed by atoms with van der Waals surface area (Å²) in [5.41, 5.74) is 2.64. The fourth-order valence-electron chi connectivity index (χ4n) is 1.70. The van der Waals surface area contributed by atoms with Gasteiger partial charge in [-0.25, -0.2) is 0 Å². The first-order valence-corrected chi connectivity index (χ1v) is 7.54. The van der Waals surface area contributed by atoms with Crippen LogP contribution in [0.3, 0.4) is 0 Å². The van der Waals surface area contributed by atoms with Gasteiger partial charge in [0, 0.05) is 0 Å². The minimum absolute atomic E-state index is 1.03. The average molecular weight is 168 g/mol. The second-order valence-corrected chi connectivity index (χ2v) is 9.47. The van der Waals surface area contributed by atoms with Gasteiger partial charge in [0.25, 0.3) is 0 Å². The van der Waals surface area contributed by atoms with Gasteiger partial charge in [-0.15, -0.1) is 13.2 Å². The summed E-state index contributed by atoms with van der Waals surface area (Å²) in [4.78, 5) is 0. The van der Waals surface area contributed by atoms with Crippen LogP contribution >= 0.6 is 0 Å². The highest BCUT2D eigenvalue weighted by Crippen LogP contribution is 2.22. The Kier molecular flexibility index (Phi) is 3.80. The van der Waals surface area contributed by atoms with Gasteiger partial charge < -0.3 is 0 Å². The molecule has 0 saturated heterocycles. The van der Waals surface area contributed by atoms with E-state index in [0.29, 0.717) is 0 Å². The predicted octanol–water partition coefficient (Wildman–Crippen LogP) is 3.85. The fraction of sp³-hybridized carbons (Fsp3) is 0.600. The van der Waals surface area contributed by atoms with Crippen molar-refractivity contribution in [1.29, 1.82) is 0 Å². The van der Waals surface area contributed by atoms with Crippen LogP contribution in [0.1, 0.15) is 13.8 Å². The molecule has 0 N–H and O–H groups in total. The Hall–Kier alpha value is -0.303. The van der Waals surface area contributed by atoms with E-state index in [1.807, 2.05) is 0 Å². The van der Waals surface area contributed by atoms with Gasteiger partial charge in [0.15, 0.2) is 0 Å². The van der Waals surface area contributed by atoms with E-state index < -0.39 is 8.07 Å². The lowest BCUT2D eigenvalue weighted by atomic mass is 10.4. The van der Waals surface area contributed by atoms with E-state index >= 15 is 0 Å². The molecule has 0 aliphatic carbocycles. The van der Waals surface area contributed by atoms with E-state index in [4.69, 9.17) is 0 Å². The van der Waals surface area contributed by atoms with E-state index in [-0.39, 0.29) is 0 Å². The summed E-state index contributed by atoms with van der Waals surface area (Å²) in [6.45, 7) is 16.9. The third-order valence-electron chi connectivity index (χ3n) is 1.56. The van der Waals surface area contributed by atoms with Gasteiger partial charge in [-0.3, -0.25) is 0 Å². The number of rotatable bonds is 4. The van der Waals surface area contributed by atoms with Crippen LogP contribution in [-0.2, 0) is 0 Å². The predicted molar refractivity (Wildman–Crippen MR) is 56.7 cm³/mol. The van der Waals surface area contributed by atoms with Gasteiger partial charge in [-0.05, 0) is 25.9 Å². The number of hydrogen-bond acceptors (Lipinski definition) is 0. The maximum atomic E-state index is 3.95. The van der Waals surface area contributed by atoms with Crippen LogP contribution in [0.25, 0.3) is 0 Å². The quantitative estimate of drug-likeness (QED) is 0.442. The summed E-state index contributed by atoms with van der Waals surface area (Å²) in [6.07, 6.45) is 0. The molecule has 0 heterocycles. The molecule has 0 aromatic rings. The molecule has 11 heavy (non-hydrogen) atoms. The molecular formula is C10H20Si. The molecule has 0 fully saturated rings. The fourth-order valence-corrected chi connectivity index (χ4v) is 5.09. The van der Waals surface area contributed by atoms with Crippen molar-refractivity contribution in [3.05, 3.63) is 24.3 Å². The van der Waals surface area contributed by atoms with E-state index in [0.717, 1.165) is 0 Å². The Morgan fingerprint density at radius 3 is 1.45 bits per heavy atom. The molecule has 0 atom stereocenters. The van der Waals surface area contributed by atoms with Crippen molar-refractivity contribution in [2.75, 3.05) is 0 Å². The molecule has 0 unspecified atom stereocenters. The Morgan fingerprint density at radius 1 is 1.00 bits per heavy atom. The van der Waals surface area contributed by atoms with Crippen LogP contribution < -0.4 is 0 Å². The molecule has 0 saturated carbocycles. The van der Waals surface area contributed by atoms with Gasteiger partial charge >= 0.3 is 0 Å². The van der Waals surface area contributed by atoms with Crippen LogP contribution in [0.2, 0.25) is 25.2 Å². The van der Waals surface area contributed by atoms with Crippen molar-refractivity contribution in [2.24, 2.45) is 0 Å². The first kappa shape index (κ1) is 10.7. The van der Waals surface area contributed by atoms with Gasteiger partial charge in [-0.1, -0.05) is 24.2 Å². The van der Waals surface area contributed by atoms with E-state index in [9.17, 15) is 0 Å². The number of hydrogen-bond donors (Lipinski definition) is 0. The van der Waals surface area contributed by atoms with Gasteiger partial charge in [0.1, 0.15) is 0 Å². The standard InChI is InChI=1S/C10H20Si/c1-9(2)7-11(5,6)8-10(3)4/h1,3,7-8H2,2,4-6H3. The molecule has 0 radical (unpaired) electrons. The second kappa shape index (κ2) is 3.91. The normalized spacial score (nSPS) is 11.3. The lowest BCUT2D eigenvalue weighted by Crippen LogP contribution is -2.25. The van der Waals surface area contributed by atoms with Gasteiger partial charge in [-0.2, -0.15) is 0 Å². The lowest BCUT2D eigenvalue weighted by molar-refractivity contribution is 1.25. The molecule has 0 aromatic heterocycles. The maximum Gasteiger partial charge on any atom is 0.0553 e. The van der Waals surface area contributed by atoms with Crippen LogP contribution in [-0.4, -0.2) is 8.07 Å². The smallest absolute Gasteiger partial charge is 0.0553 e. The minimum Gasteiger partial charge on any atom is -0.100 e. The van der Waals surface area contributed by atoms with Gasteiger partial charge in [0.2, 0.25) is 0 Å². The SMILES string of the molecule is C=C(C)C[Si](C)(C)CC(=C)C. The summed E-state index contributed by atoms with van der Waals surface area (Å²) < 4.78 is 0. The van der Waals surface area contributed by atoms with Crippen LogP contribution in [0, 0.1) is 0 Å². The Morgan fingerprint density at radius 2 is 1.27 bits per heavy atom. The topological polar surface area (TPSA) is 0 Å². The molecule has 0 nitrogen and oxygen atoms in total. The summed E-state index contributed by atoms with van der Waals surface area (Å²) >= 11 is 0. The van der Waals surface area contributed by atoms with Crippen LogP contribution in [0.5, 0.6) is 0 Å². The molecule has 0 rings (SSSR count). The molecule has 0 amide bonds. The zero-order valence-electron chi connectivity index (χ0n) is 8.33. The van der Waals surface area contributed by atoms with E-state index in [2.05, 4.69) is 40.1 Å². The van der Waals surface area contributed by atoms with Crippen molar-refractivity contribution in [1.82, 2.24) is 0 Å². The van der Waals surface area contributed by atoms with Crippen molar-refractivity contribution in [3.63, 3.8) is 0 Å². The summed E-state index contributed by atoms with van der Waals surface area (Å²) in [7, 11) is -1.03. The van der Waals surface area contributed by atoms with Crippen molar-refractivity contribution >= 4 is 8.07 Å². The molecule has 64 valence electrons. The minimum atomic E-state index is -1.03. The molecule has 1 heteroatoms. The molecular weight excluding hydrogens is 148 g/mol. The Bertz CT molecular complexity index is 148. The largest absolute Gasteiger partial charge is 0.100 e. The molecule has 0 aliphatic heterocycles. The highest BCUT2D eigenvalue weighted by molar-refractivity contribution is 6.78. The van der Waals surface area contributed by atoms with Crippen LogP contribution in [0.15, 0.2) is 24.3 Å². The third kappa shape index (κ3) is 6.11. The highest BCUT2D eigenvalue weighted by Gasteiger charge is 2.19. The van der Waals surface area contributed by atoms with E-state index in [1.165, 1.54) is 23.2 Å². The summed E-state index contributed by atoms with van der Waals surface area (Å²) in [5, 5.41) is 0. The van der Waals surface area contributed by atoms with Crippen LogP contribution in [0.4, 0.5) is 0 Å². The monoisotopic (exact) mass is 168 g/mol. The average Bonchev–Trinajstić information content (AvgIpc) is 1.53. The summed E-state index contributed by atoms with van der Waals surface area (Å²) in [6, 6.07) is 2.47. The van der Waals surface area contributed by atoms with Crippen molar-refractivity contribution < 1.29 is 0 Å². The molecule has 0 spiro atoms. The Labute approximate surface area is 72.0 Å². The molecule has 0 bridgehead atoms. The second-order valence-electron chi connectivity index (χ2n) is 4.43. The Balaban J connectivity index is 3.99. The van der Waals surface area contributed by atoms with Crippen molar-refractivity contribution in [2.45, 2.75) is 39.0 Å². The first-order chi connectivity index (χ1) is 4.83. The lowest BCUT2D eigenvalue weighted by Gasteiger charge is -2.22. The van der Waals surface area contributed by atoms with Gasteiger partial charge in [0.05, 0.1) is 8.07 Å². The van der Waals surface area contributed by atoms with E-state index in [1.54, 1.807) is 0 Å². The number of allylic oxidation sites excluding steroid dienone is 2.